The van der Waals surface area contributed by atoms with Crippen molar-refractivity contribution in [3.63, 3.8) is 0 Å². The number of aromatic nitrogens is 3. The SMILES string of the molecule is CCCCOc1ccc(Br)cc1C1C(C(=O)OCc2ccccc2)=C(C)Nc2nc(SCCCC)nn21. The molecule has 0 bridgehead atoms. The maximum atomic E-state index is 13.6. The zero-order valence-corrected chi connectivity index (χ0v) is 23.9. The summed E-state index contributed by atoms with van der Waals surface area (Å²) in [6.07, 6.45) is 4.16. The Labute approximate surface area is 231 Å². The fourth-order valence-corrected chi connectivity index (χ4v) is 5.34. The van der Waals surface area contributed by atoms with E-state index in [0.29, 0.717) is 34.7 Å². The van der Waals surface area contributed by atoms with Crippen LogP contribution in [0.5, 0.6) is 5.75 Å². The fourth-order valence-electron chi connectivity index (χ4n) is 4.04. The third-order valence-electron chi connectivity index (χ3n) is 6.02. The Morgan fingerprint density at radius 3 is 2.68 bits per heavy atom. The molecule has 0 spiro atoms. The molecule has 0 amide bonds. The van der Waals surface area contributed by atoms with Gasteiger partial charge >= 0.3 is 5.97 Å². The van der Waals surface area contributed by atoms with Gasteiger partial charge in [0.25, 0.3) is 0 Å². The topological polar surface area (TPSA) is 78.3 Å². The number of thioether (sulfide) groups is 1. The van der Waals surface area contributed by atoms with Gasteiger partial charge in [-0.05, 0) is 43.5 Å². The minimum Gasteiger partial charge on any atom is -0.493 e. The monoisotopic (exact) mass is 584 g/mol. The van der Waals surface area contributed by atoms with Gasteiger partial charge in [0.15, 0.2) is 0 Å². The van der Waals surface area contributed by atoms with Crippen LogP contribution in [0.4, 0.5) is 5.95 Å². The van der Waals surface area contributed by atoms with Gasteiger partial charge in [0.2, 0.25) is 11.1 Å². The second-order valence-corrected chi connectivity index (χ2v) is 10.9. The van der Waals surface area contributed by atoms with Crippen molar-refractivity contribution in [1.29, 1.82) is 0 Å². The molecule has 3 aromatic rings. The Morgan fingerprint density at radius 1 is 1.14 bits per heavy atom. The number of halogens is 1. The highest BCUT2D eigenvalue weighted by molar-refractivity contribution is 9.10. The zero-order chi connectivity index (χ0) is 26.2. The van der Waals surface area contributed by atoms with Gasteiger partial charge < -0.3 is 14.8 Å². The van der Waals surface area contributed by atoms with Gasteiger partial charge in [-0.1, -0.05) is 84.7 Å². The second-order valence-electron chi connectivity index (χ2n) is 8.88. The lowest BCUT2D eigenvalue weighted by Gasteiger charge is -2.29. The van der Waals surface area contributed by atoms with Crippen LogP contribution in [-0.4, -0.2) is 33.1 Å². The number of rotatable bonds is 12. The van der Waals surface area contributed by atoms with Crippen LogP contribution < -0.4 is 10.1 Å². The van der Waals surface area contributed by atoms with Crippen molar-refractivity contribution in [2.75, 3.05) is 17.7 Å². The molecule has 196 valence electrons. The van der Waals surface area contributed by atoms with Crippen LogP contribution in [0.25, 0.3) is 0 Å². The molecule has 0 fully saturated rings. The van der Waals surface area contributed by atoms with Crippen LogP contribution >= 0.6 is 27.7 Å². The highest BCUT2D eigenvalue weighted by atomic mass is 79.9. The molecule has 37 heavy (non-hydrogen) atoms. The van der Waals surface area contributed by atoms with Crippen LogP contribution in [0.2, 0.25) is 0 Å². The molecule has 0 saturated heterocycles. The number of ether oxygens (including phenoxy) is 2. The van der Waals surface area contributed by atoms with Gasteiger partial charge in [0, 0.05) is 21.5 Å². The summed E-state index contributed by atoms with van der Waals surface area (Å²) < 4.78 is 14.7. The van der Waals surface area contributed by atoms with Crippen molar-refractivity contribution in [2.24, 2.45) is 0 Å². The first-order valence-corrected chi connectivity index (χ1v) is 14.5. The molecule has 1 aliphatic rings. The molecule has 0 aliphatic carbocycles. The number of unbranched alkanes of at least 4 members (excludes halogenated alkanes) is 2. The first-order chi connectivity index (χ1) is 18.0. The molecule has 1 atom stereocenters. The molecule has 1 N–H and O–H groups in total. The van der Waals surface area contributed by atoms with Gasteiger partial charge in [-0.15, -0.1) is 5.10 Å². The van der Waals surface area contributed by atoms with E-state index in [1.165, 1.54) is 0 Å². The molecule has 2 aromatic carbocycles. The van der Waals surface area contributed by atoms with Crippen LogP contribution in [0.1, 0.15) is 63.6 Å². The lowest BCUT2D eigenvalue weighted by atomic mass is 9.95. The smallest absolute Gasteiger partial charge is 0.338 e. The van der Waals surface area contributed by atoms with E-state index in [4.69, 9.17) is 19.6 Å². The lowest BCUT2D eigenvalue weighted by molar-refractivity contribution is -0.140. The van der Waals surface area contributed by atoms with Crippen LogP contribution in [0.3, 0.4) is 0 Å². The molecule has 0 saturated carbocycles. The van der Waals surface area contributed by atoms with E-state index in [1.54, 1.807) is 16.4 Å². The summed E-state index contributed by atoms with van der Waals surface area (Å²) >= 11 is 5.23. The summed E-state index contributed by atoms with van der Waals surface area (Å²) in [6.45, 7) is 6.95. The number of fused-ring (bicyclic) bond motifs is 1. The number of nitrogens with one attached hydrogen (secondary N) is 1. The Hall–Kier alpha value is -2.78. The minimum atomic E-state index is -0.554. The van der Waals surface area contributed by atoms with Gasteiger partial charge in [-0.25, -0.2) is 9.48 Å². The van der Waals surface area contributed by atoms with Crippen molar-refractivity contribution >= 4 is 39.6 Å². The fraction of sp³-hybridized carbons (Fsp3) is 0.393. The Morgan fingerprint density at radius 2 is 1.92 bits per heavy atom. The van der Waals surface area contributed by atoms with Crippen molar-refractivity contribution < 1.29 is 14.3 Å². The van der Waals surface area contributed by atoms with Crippen LogP contribution in [-0.2, 0) is 16.1 Å². The van der Waals surface area contributed by atoms with Crippen LogP contribution in [0.15, 0.2) is 69.4 Å². The summed E-state index contributed by atoms with van der Waals surface area (Å²) in [5.74, 6) is 1.84. The van der Waals surface area contributed by atoms with E-state index in [2.05, 4.69) is 35.1 Å². The summed E-state index contributed by atoms with van der Waals surface area (Å²) in [4.78, 5) is 18.3. The average molecular weight is 586 g/mol. The first-order valence-electron chi connectivity index (χ1n) is 12.7. The maximum Gasteiger partial charge on any atom is 0.338 e. The molecule has 1 aliphatic heterocycles. The molecular weight excluding hydrogens is 552 g/mol. The third-order valence-corrected chi connectivity index (χ3v) is 7.43. The summed E-state index contributed by atoms with van der Waals surface area (Å²) in [5, 5.41) is 8.79. The van der Waals surface area contributed by atoms with Gasteiger partial charge in [0.05, 0.1) is 12.2 Å². The summed E-state index contributed by atoms with van der Waals surface area (Å²) in [7, 11) is 0. The molecule has 7 nitrogen and oxygen atoms in total. The molecular formula is C28H33BrN4O3S. The predicted octanol–water partition coefficient (Wildman–Crippen LogP) is 7.14. The molecule has 1 aromatic heterocycles. The molecule has 4 rings (SSSR count). The Balaban J connectivity index is 1.73. The summed E-state index contributed by atoms with van der Waals surface area (Å²) in [6, 6.07) is 15.0. The number of allylic oxidation sites excluding steroid dienone is 1. The van der Waals surface area contributed by atoms with E-state index >= 15 is 0 Å². The van der Waals surface area contributed by atoms with Crippen molar-refractivity contribution in [2.45, 2.75) is 64.3 Å². The quantitative estimate of drug-likeness (QED) is 0.138. The predicted molar refractivity (Wildman–Crippen MR) is 151 cm³/mol. The number of carbonyl (C=O) groups excluding carboxylic acids is 1. The lowest BCUT2D eigenvalue weighted by Crippen LogP contribution is -2.30. The standard InChI is InChI=1S/C28H33BrN4O3S/c1-4-6-15-35-23-14-13-21(29)17-22(23)25-24(26(34)36-18-20-11-9-8-10-12-20)19(3)30-27-31-28(32-33(25)27)37-16-7-5-2/h8-14,17,25H,4-7,15-16,18H2,1-3H3,(H,30,31,32). The number of anilines is 1. The van der Waals surface area contributed by atoms with E-state index in [-0.39, 0.29) is 6.61 Å². The van der Waals surface area contributed by atoms with E-state index in [0.717, 1.165) is 47.0 Å². The highest BCUT2D eigenvalue weighted by Gasteiger charge is 2.37. The number of hydrogen-bond donors (Lipinski definition) is 1. The summed E-state index contributed by atoms with van der Waals surface area (Å²) in [5.41, 5.74) is 2.93. The molecule has 1 unspecified atom stereocenters. The number of nitrogens with zero attached hydrogens (tertiary/aromatic N) is 3. The second kappa shape index (κ2) is 13.1. The first kappa shape index (κ1) is 27.3. The average Bonchev–Trinajstić information content (AvgIpc) is 3.30. The normalized spacial score (nSPS) is 14.8. The number of benzene rings is 2. The molecule has 9 heteroatoms. The van der Waals surface area contributed by atoms with E-state index in [1.807, 2.05) is 55.5 Å². The molecule has 0 radical (unpaired) electrons. The third kappa shape index (κ3) is 6.76. The molecule has 2 heterocycles. The maximum absolute atomic E-state index is 13.6. The van der Waals surface area contributed by atoms with Gasteiger partial charge in [0.1, 0.15) is 18.4 Å². The van der Waals surface area contributed by atoms with E-state index in [9.17, 15) is 4.79 Å². The van der Waals surface area contributed by atoms with Crippen molar-refractivity contribution in [3.05, 3.63) is 75.4 Å². The van der Waals surface area contributed by atoms with Gasteiger partial charge in [-0.2, -0.15) is 4.98 Å². The number of carbonyl (C=O) groups is 1. The minimum absolute atomic E-state index is 0.184. The number of esters is 1. The van der Waals surface area contributed by atoms with Crippen molar-refractivity contribution in [1.82, 2.24) is 14.8 Å². The Bertz CT molecular complexity index is 1250. The highest BCUT2D eigenvalue weighted by Crippen LogP contribution is 2.41. The Kier molecular flexibility index (Phi) is 9.68. The zero-order valence-electron chi connectivity index (χ0n) is 21.5. The van der Waals surface area contributed by atoms with Gasteiger partial charge in [-0.3, -0.25) is 0 Å². The van der Waals surface area contributed by atoms with E-state index < -0.39 is 12.0 Å². The largest absolute Gasteiger partial charge is 0.493 e. The van der Waals surface area contributed by atoms with Crippen LogP contribution in [0, 0.1) is 0 Å². The van der Waals surface area contributed by atoms with Crippen molar-refractivity contribution in [3.8, 4) is 5.75 Å². The number of hydrogen-bond acceptors (Lipinski definition) is 7.